The van der Waals surface area contributed by atoms with Gasteiger partial charge in [0.05, 0.1) is 0 Å². The van der Waals surface area contributed by atoms with Gasteiger partial charge >= 0.3 is 5.97 Å². The maximum Gasteiger partial charge on any atom is 0.331 e. The van der Waals surface area contributed by atoms with Crippen molar-refractivity contribution in [3.05, 3.63) is 40.3 Å². The highest BCUT2D eigenvalue weighted by Crippen LogP contribution is 2.19. The van der Waals surface area contributed by atoms with Gasteiger partial charge in [0.15, 0.2) is 11.3 Å². The lowest BCUT2D eigenvalue weighted by molar-refractivity contribution is -0.143. The number of halogens is 1. The van der Waals surface area contributed by atoms with Crippen LogP contribution in [0.15, 0.2) is 38.9 Å². The Hall–Kier alpha value is -1.82. The van der Waals surface area contributed by atoms with Gasteiger partial charge in [0, 0.05) is 12.6 Å². The van der Waals surface area contributed by atoms with Crippen LogP contribution in [0.2, 0.25) is 0 Å². The first-order valence-corrected chi connectivity index (χ1v) is 8.47. The van der Waals surface area contributed by atoms with Crippen molar-refractivity contribution in [1.29, 1.82) is 0 Å². The predicted molar refractivity (Wildman–Crippen MR) is 90.6 cm³/mol. The van der Waals surface area contributed by atoms with E-state index in [0.717, 1.165) is 19.3 Å². The van der Waals surface area contributed by atoms with Gasteiger partial charge < -0.3 is 14.5 Å². The summed E-state index contributed by atoms with van der Waals surface area (Å²) >= 11 is 3.17. The normalized spacial score (nSPS) is 14.6. The lowest BCUT2D eigenvalue weighted by Gasteiger charge is -2.12. The van der Waals surface area contributed by atoms with Crippen molar-refractivity contribution in [2.75, 3.05) is 13.2 Å². The van der Waals surface area contributed by atoms with Crippen LogP contribution in [0.4, 0.5) is 0 Å². The van der Waals surface area contributed by atoms with E-state index in [1.54, 1.807) is 12.1 Å². The van der Waals surface area contributed by atoms with Crippen LogP contribution in [-0.4, -0.2) is 25.0 Å². The number of esters is 1. The maximum atomic E-state index is 11.6. The summed E-state index contributed by atoms with van der Waals surface area (Å²) in [5, 5.41) is 2.76. The van der Waals surface area contributed by atoms with Gasteiger partial charge in [-0.2, -0.15) is 0 Å². The van der Waals surface area contributed by atoms with E-state index in [-0.39, 0.29) is 12.5 Å². The molecule has 23 heavy (non-hydrogen) atoms. The zero-order valence-electron chi connectivity index (χ0n) is 12.8. The Bertz CT molecular complexity index is 603. The summed E-state index contributed by atoms with van der Waals surface area (Å²) in [5.41, 5.74) is 1.40. The smallest absolute Gasteiger partial charge is 0.331 e. The van der Waals surface area contributed by atoms with Crippen LogP contribution in [0, 0.1) is 0 Å². The van der Waals surface area contributed by atoms with Crippen LogP contribution < -0.4 is 5.32 Å². The SMILES string of the molecule is O=C(COC(=O)C=Cc1ccc(Br)o1)NCCC1=CCCCC1. The van der Waals surface area contributed by atoms with E-state index < -0.39 is 5.97 Å². The van der Waals surface area contributed by atoms with Crippen molar-refractivity contribution < 1.29 is 18.7 Å². The molecule has 0 radical (unpaired) electrons. The highest BCUT2D eigenvalue weighted by molar-refractivity contribution is 9.10. The Labute approximate surface area is 143 Å². The zero-order chi connectivity index (χ0) is 16.5. The highest BCUT2D eigenvalue weighted by atomic mass is 79.9. The molecule has 1 amide bonds. The number of nitrogens with one attached hydrogen (secondary N) is 1. The number of allylic oxidation sites excluding steroid dienone is 1. The minimum Gasteiger partial charge on any atom is -0.452 e. The molecule has 1 aromatic rings. The van der Waals surface area contributed by atoms with E-state index in [0.29, 0.717) is 17.0 Å². The summed E-state index contributed by atoms with van der Waals surface area (Å²) in [6, 6.07) is 3.43. The Kier molecular flexibility index (Phi) is 7.13. The summed E-state index contributed by atoms with van der Waals surface area (Å²) < 4.78 is 10.7. The molecule has 0 unspecified atom stereocenters. The van der Waals surface area contributed by atoms with Gasteiger partial charge in [0.2, 0.25) is 0 Å². The minimum atomic E-state index is -0.581. The van der Waals surface area contributed by atoms with Crippen molar-refractivity contribution >= 4 is 33.9 Å². The quantitative estimate of drug-likeness (QED) is 0.445. The van der Waals surface area contributed by atoms with Crippen LogP contribution in [0.1, 0.15) is 37.9 Å². The fourth-order valence-electron chi connectivity index (χ4n) is 2.30. The number of furan rings is 1. The predicted octanol–water partition coefficient (Wildman–Crippen LogP) is 3.61. The molecular weight excluding hydrogens is 362 g/mol. The van der Waals surface area contributed by atoms with Gasteiger partial charge in [-0.3, -0.25) is 4.79 Å². The standard InChI is InChI=1S/C17H20BrNO4/c18-15-8-6-14(23-15)7-9-17(21)22-12-16(20)19-11-10-13-4-2-1-3-5-13/h4,6-9H,1-3,5,10-12H2,(H,19,20). The molecule has 1 aliphatic carbocycles. The Morgan fingerprint density at radius 1 is 1.35 bits per heavy atom. The van der Waals surface area contributed by atoms with E-state index in [9.17, 15) is 9.59 Å². The van der Waals surface area contributed by atoms with Crippen molar-refractivity contribution in [2.24, 2.45) is 0 Å². The molecule has 2 rings (SSSR count). The molecule has 1 aromatic heterocycles. The summed E-state index contributed by atoms with van der Waals surface area (Å²) in [6.07, 6.45) is 10.6. The lowest BCUT2D eigenvalue weighted by atomic mass is 9.97. The molecule has 1 aliphatic rings. The number of hydrogen-bond donors (Lipinski definition) is 1. The van der Waals surface area contributed by atoms with Crippen LogP contribution in [0.5, 0.6) is 0 Å². The van der Waals surface area contributed by atoms with Crippen molar-refractivity contribution in [2.45, 2.75) is 32.1 Å². The molecule has 0 aromatic carbocycles. The Morgan fingerprint density at radius 3 is 2.91 bits per heavy atom. The first-order chi connectivity index (χ1) is 11.1. The molecule has 0 bridgehead atoms. The second kappa shape index (κ2) is 9.35. The number of hydrogen-bond acceptors (Lipinski definition) is 4. The van der Waals surface area contributed by atoms with E-state index in [2.05, 4.69) is 27.3 Å². The van der Waals surface area contributed by atoms with Gasteiger partial charge in [0.25, 0.3) is 5.91 Å². The highest BCUT2D eigenvalue weighted by Gasteiger charge is 2.07. The van der Waals surface area contributed by atoms with Gasteiger partial charge in [-0.05, 0) is 66.2 Å². The molecule has 0 saturated heterocycles. The summed E-state index contributed by atoms with van der Waals surface area (Å²) in [4.78, 5) is 23.1. The number of carbonyl (C=O) groups is 2. The van der Waals surface area contributed by atoms with Gasteiger partial charge in [-0.1, -0.05) is 11.6 Å². The maximum absolute atomic E-state index is 11.6. The fourth-order valence-corrected chi connectivity index (χ4v) is 2.62. The van der Waals surface area contributed by atoms with Crippen LogP contribution in [0.3, 0.4) is 0 Å². The Balaban J connectivity index is 1.60. The zero-order valence-corrected chi connectivity index (χ0v) is 14.4. The molecule has 1 heterocycles. The molecule has 1 N–H and O–H groups in total. The first-order valence-electron chi connectivity index (χ1n) is 7.68. The molecular formula is C17H20BrNO4. The average molecular weight is 382 g/mol. The molecule has 6 heteroatoms. The number of ether oxygens (including phenoxy) is 1. The molecule has 124 valence electrons. The number of amides is 1. The topological polar surface area (TPSA) is 68.5 Å². The third-order valence-corrected chi connectivity index (χ3v) is 3.90. The lowest BCUT2D eigenvalue weighted by Crippen LogP contribution is -2.29. The van der Waals surface area contributed by atoms with Crippen LogP contribution in [-0.2, 0) is 14.3 Å². The number of carbonyl (C=O) groups excluding carboxylic acids is 2. The van der Waals surface area contributed by atoms with Crippen molar-refractivity contribution in [3.8, 4) is 0 Å². The molecule has 0 fully saturated rings. The second-order valence-electron chi connectivity index (χ2n) is 5.29. The molecule has 0 atom stereocenters. The average Bonchev–Trinajstić information content (AvgIpc) is 2.97. The summed E-state index contributed by atoms with van der Waals surface area (Å²) in [5.74, 6) is -0.342. The monoisotopic (exact) mass is 381 g/mol. The van der Waals surface area contributed by atoms with E-state index >= 15 is 0 Å². The largest absolute Gasteiger partial charge is 0.452 e. The summed E-state index contributed by atoms with van der Waals surface area (Å²) in [6.45, 7) is 0.308. The third kappa shape index (κ3) is 6.86. The molecule has 5 nitrogen and oxygen atoms in total. The first kappa shape index (κ1) is 17.5. The van der Waals surface area contributed by atoms with Crippen molar-refractivity contribution in [1.82, 2.24) is 5.32 Å². The number of rotatable bonds is 7. The van der Waals surface area contributed by atoms with Gasteiger partial charge in [0.1, 0.15) is 5.76 Å². The molecule has 0 spiro atoms. The van der Waals surface area contributed by atoms with Crippen LogP contribution in [0.25, 0.3) is 6.08 Å². The van der Waals surface area contributed by atoms with E-state index in [1.807, 2.05) is 0 Å². The van der Waals surface area contributed by atoms with Crippen molar-refractivity contribution in [3.63, 3.8) is 0 Å². The van der Waals surface area contributed by atoms with Crippen LogP contribution >= 0.6 is 15.9 Å². The summed E-state index contributed by atoms with van der Waals surface area (Å²) in [7, 11) is 0. The van der Waals surface area contributed by atoms with Gasteiger partial charge in [-0.25, -0.2) is 4.79 Å². The van der Waals surface area contributed by atoms with E-state index in [4.69, 9.17) is 9.15 Å². The molecule has 0 aliphatic heterocycles. The molecule has 0 saturated carbocycles. The second-order valence-corrected chi connectivity index (χ2v) is 6.07. The Morgan fingerprint density at radius 2 is 2.22 bits per heavy atom. The third-order valence-electron chi connectivity index (χ3n) is 3.48. The van der Waals surface area contributed by atoms with Gasteiger partial charge in [-0.15, -0.1) is 0 Å². The minimum absolute atomic E-state index is 0.274. The fraction of sp³-hybridized carbons (Fsp3) is 0.412. The van der Waals surface area contributed by atoms with E-state index in [1.165, 1.54) is 30.6 Å².